The molecule has 1 aliphatic rings. The molecular formula is C22H27FN2O3S. The van der Waals surface area contributed by atoms with Gasteiger partial charge in [-0.2, -0.15) is 4.31 Å². The third-order valence-electron chi connectivity index (χ3n) is 5.37. The maximum absolute atomic E-state index is 13.4. The molecule has 1 atom stereocenters. The lowest BCUT2D eigenvalue weighted by molar-refractivity contribution is -0.115. The number of hydrogen-bond donors (Lipinski definition) is 1. The van der Waals surface area contributed by atoms with Crippen LogP contribution in [0.5, 0.6) is 0 Å². The van der Waals surface area contributed by atoms with E-state index < -0.39 is 10.0 Å². The van der Waals surface area contributed by atoms with Gasteiger partial charge in [0.15, 0.2) is 0 Å². The van der Waals surface area contributed by atoms with Crippen molar-refractivity contribution in [2.24, 2.45) is 0 Å². The number of nitrogens with one attached hydrogen (secondary N) is 1. The summed E-state index contributed by atoms with van der Waals surface area (Å²) in [4.78, 5) is 11.8. The molecule has 1 N–H and O–H groups in total. The van der Waals surface area contributed by atoms with Gasteiger partial charge in [-0.05, 0) is 67.1 Å². The Hall–Kier alpha value is -2.25. The van der Waals surface area contributed by atoms with E-state index in [1.165, 1.54) is 12.1 Å². The number of halogens is 1. The van der Waals surface area contributed by atoms with E-state index in [2.05, 4.69) is 5.32 Å². The van der Waals surface area contributed by atoms with E-state index in [0.29, 0.717) is 30.8 Å². The Kier molecular flexibility index (Phi) is 6.70. The minimum absolute atomic E-state index is 0.0382. The maximum Gasteiger partial charge on any atom is 0.243 e. The largest absolute Gasteiger partial charge is 0.326 e. The smallest absolute Gasteiger partial charge is 0.243 e. The Balaban J connectivity index is 1.85. The van der Waals surface area contributed by atoms with Gasteiger partial charge in [0.25, 0.3) is 0 Å². The second kappa shape index (κ2) is 9.05. The second-order valence-electron chi connectivity index (χ2n) is 7.49. The highest BCUT2D eigenvalue weighted by Gasteiger charge is 2.30. The average Bonchev–Trinajstić information content (AvgIpc) is 2.95. The first-order valence-electron chi connectivity index (χ1n) is 9.97. The first-order valence-corrected chi connectivity index (χ1v) is 11.4. The third kappa shape index (κ3) is 5.03. The highest BCUT2D eigenvalue weighted by Crippen LogP contribution is 2.31. The van der Waals surface area contributed by atoms with Crippen LogP contribution in [0.2, 0.25) is 0 Å². The van der Waals surface area contributed by atoms with E-state index >= 15 is 0 Å². The molecule has 0 bridgehead atoms. The van der Waals surface area contributed by atoms with Crippen LogP contribution in [-0.2, 0) is 14.8 Å². The third-order valence-corrected chi connectivity index (χ3v) is 7.40. The van der Waals surface area contributed by atoms with Crippen LogP contribution in [0.1, 0.15) is 49.7 Å². The van der Waals surface area contributed by atoms with E-state index in [1.807, 2.05) is 0 Å². The molecule has 1 amide bonds. The van der Waals surface area contributed by atoms with Crippen LogP contribution in [0, 0.1) is 12.7 Å². The maximum atomic E-state index is 13.4. The minimum Gasteiger partial charge on any atom is -0.326 e. The molecule has 2 aromatic carbocycles. The predicted molar refractivity (Wildman–Crippen MR) is 112 cm³/mol. The summed E-state index contributed by atoms with van der Waals surface area (Å²) in [6, 6.07) is 11.2. The summed E-state index contributed by atoms with van der Waals surface area (Å²) < 4.78 is 41.5. The van der Waals surface area contributed by atoms with Crippen molar-refractivity contribution in [2.45, 2.75) is 50.3 Å². The normalized spacial score (nSPS) is 18.2. The lowest BCUT2D eigenvalue weighted by Gasteiger charge is -2.25. The molecule has 29 heavy (non-hydrogen) atoms. The molecule has 1 fully saturated rings. The molecule has 1 aliphatic heterocycles. The van der Waals surface area contributed by atoms with Gasteiger partial charge in [-0.15, -0.1) is 0 Å². The van der Waals surface area contributed by atoms with Crippen molar-refractivity contribution in [3.8, 4) is 0 Å². The van der Waals surface area contributed by atoms with Crippen LogP contribution in [0.25, 0.3) is 0 Å². The lowest BCUT2D eigenvalue weighted by atomic mass is 9.95. The molecule has 1 saturated heterocycles. The summed E-state index contributed by atoms with van der Waals surface area (Å²) in [7, 11) is -3.67. The standard InChI is InChI=1S/C22H27FN2O3S/c1-3-22(26)24-20-11-12-21(16(2)14-20)29(27,28)25-13-5-4-6-18(15-25)17-7-9-19(23)10-8-17/h7-12,14,18H,3-6,13,15H2,1-2H3,(H,24,26). The molecule has 0 radical (unpaired) electrons. The number of carbonyl (C=O) groups is 1. The van der Waals surface area contributed by atoms with Gasteiger partial charge >= 0.3 is 0 Å². The van der Waals surface area contributed by atoms with Crippen LogP contribution in [0.15, 0.2) is 47.4 Å². The molecule has 156 valence electrons. The fourth-order valence-corrected chi connectivity index (χ4v) is 5.47. The molecule has 5 nitrogen and oxygen atoms in total. The zero-order chi connectivity index (χ0) is 21.0. The molecule has 2 aromatic rings. The van der Waals surface area contributed by atoms with Gasteiger partial charge in [0.1, 0.15) is 5.82 Å². The molecule has 0 aliphatic carbocycles. The molecule has 1 heterocycles. The van der Waals surface area contributed by atoms with Crippen molar-refractivity contribution < 1.29 is 17.6 Å². The summed E-state index contributed by atoms with van der Waals surface area (Å²) in [6.45, 7) is 4.34. The monoisotopic (exact) mass is 418 g/mol. The number of benzene rings is 2. The van der Waals surface area contributed by atoms with Gasteiger partial charge in [-0.25, -0.2) is 12.8 Å². The summed E-state index contributed by atoms with van der Waals surface area (Å²) in [5, 5.41) is 2.76. The predicted octanol–water partition coefficient (Wildman–Crippen LogP) is 4.44. The van der Waals surface area contributed by atoms with E-state index in [9.17, 15) is 17.6 Å². The van der Waals surface area contributed by atoms with E-state index in [1.54, 1.807) is 48.5 Å². The fraction of sp³-hybridized carbons (Fsp3) is 0.409. The molecule has 7 heteroatoms. The van der Waals surface area contributed by atoms with Gasteiger partial charge in [-0.1, -0.05) is 25.5 Å². The van der Waals surface area contributed by atoms with Gasteiger partial charge in [0.05, 0.1) is 4.90 Å². The second-order valence-corrected chi connectivity index (χ2v) is 9.40. The summed E-state index contributed by atoms with van der Waals surface area (Å²) in [5.74, 6) is -0.372. The Labute approximate surface area is 172 Å². The average molecular weight is 419 g/mol. The van der Waals surface area contributed by atoms with E-state index in [-0.39, 0.29) is 22.5 Å². The highest BCUT2D eigenvalue weighted by atomic mass is 32.2. The molecule has 3 rings (SSSR count). The SMILES string of the molecule is CCC(=O)Nc1ccc(S(=O)(=O)N2CCCCC(c3ccc(F)cc3)C2)c(C)c1. The number of anilines is 1. The topological polar surface area (TPSA) is 66.5 Å². The number of rotatable bonds is 5. The number of amides is 1. The van der Waals surface area contributed by atoms with Crippen LogP contribution >= 0.6 is 0 Å². The van der Waals surface area contributed by atoms with Crippen molar-refractivity contribution in [1.29, 1.82) is 0 Å². The molecule has 0 spiro atoms. The van der Waals surface area contributed by atoms with Gasteiger partial charge in [0, 0.05) is 25.2 Å². The Morgan fingerprint density at radius 2 is 1.90 bits per heavy atom. The number of nitrogens with zero attached hydrogens (tertiary/aromatic N) is 1. The summed E-state index contributed by atoms with van der Waals surface area (Å²) in [5.41, 5.74) is 2.15. The van der Waals surface area contributed by atoms with Crippen molar-refractivity contribution >= 4 is 21.6 Å². The van der Waals surface area contributed by atoms with Gasteiger partial charge in [-0.3, -0.25) is 4.79 Å². The zero-order valence-electron chi connectivity index (χ0n) is 16.8. The lowest BCUT2D eigenvalue weighted by Crippen LogP contribution is -2.34. The zero-order valence-corrected chi connectivity index (χ0v) is 17.6. The highest BCUT2D eigenvalue weighted by molar-refractivity contribution is 7.89. The van der Waals surface area contributed by atoms with Crippen LogP contribution in [-0.4, -0.2) is 31.7 Å². The fourth-order valence-electron chi connectivity index (χ4n) is 3.74. The van der Waals surface area contributed by atoms with Crippen LogP contribution in [0.3, 0.4) is 0 Å². The molecule has 0 aromatic heterocycles. The number of aryl methyl sites for hydroxylation is 1. The van der Waals surface area contributed by atoms with E-state index in [4.69, 9.17) is 0 Å². The minimum atomic E-state index is -3.67. The summed E-state index contributed by atoms with van der Waals surface area (Å²) >= 11 is 0. The van der Waals surface area contributed by atoms with Crippen molar-refractivity contribution in [3.63, 3.8) is 0 Å². The molecule has 1 unspecified atom stereocenters. The van der Waals surface area contributed by atoms with Crippen molar-refractivity contribution in [1.82, 2.24) is 4.31 Å². The number of sulfonamides is 1. The molecular weight excluding hydrogens is 391 g/mol. The molecule has 0 saturated carbocycles. The number of carbonyl (C=O) groups excluding carboxylic acids is 1. The van der Waals surface area contributed by atoms with E-state index in [0.717, 1.165) is 24.8 Å². The van der Waals surface area contributed by atoms with Crippen LogP contribution < -0.4 is 5.32 Å². The Bertz CT molecular complexity index is 974. The Morgan fingerprint density at radius 1 is 1.17 bits per heavy atom. The van der Waals surface area contributed by atoms with Gasteiger partial charge < -0.3 is 5.32 Å². The van der Waals surface area contributed by atoms with Crippen molar-refractivity contribution in [3.05, 3.63) is 59.4 Å². The van der Waals surface area contributed by atoms with Crippen molar-refractivity contribution in [2.75, 3.05) is 18.4 Å². The first-order chi connectivity index (χ1) is 13.8. The van der Waals surface area contributed by atoms with Gasteiger partial charge in [0.2, 0.25) is 15.9 Å². The Morgan fingerprint density at radius 3 is 2.55 bits per heavy atom. The first kappa shape index (κ1) is 21.5. The number of hydrogen-bond acceptors (Lipinski definition) is 3. The summed E-state index contributed by atoms with van der Waals surface area (Å²) in [6.07, 6.45) is 2.95. The van der Waals surface area contributed by atoms with Crippen LogP contribution in [0.4, 0.5) is 10.1 Å². The quantitative estimate of drug-likeness (QED) is 0.781.